The molecule has 0 spiro atoms. The first-order chi connectivity index (χ1) is 21.8. The molecule has 234 valence electrons. The number of likely N-dealkylation sites (tertiary alicyclic amines) is 1. The van der Waals surface area contributed by atoms with E-state index < -0.39 is 17.6 Å². The van der Waals surface area contributed by atoms with Gasteiger partial charge in [-0.15, -0.1) is 0 Å². The normalized spacial score (nSPS) is 22.4. The van der Waals surface area contributed by atoms with Gasteiger partial charge in [0.2, 0.25) is 11.8 Å². The zero-order valence-corrected chi connectivity index (χ0v) is 25.5. The maximum absolute atomic E-state index is 13.1. The second-order valence-electron chi connectivity index (χ2n) is 13.0. The van der Waals surface area contributed by atoms with Gasteiger partial charge in [0, 0.05) is 50.0 Å². The molecule has 1 atom stereocenters. The van der Waals surface area contributed by atoms with Crippen molar-refractivity contribution >= 4 is 29.2 Å². The van der Waals surface area contributed by atoms with E-state index in [1.165, 1.54) is 11.1 Å². The van der Waals surface area contributed by atoms with Gasteiger partial charge < -0.3 is 20.6 Å². The summed E-state index contributed by atoms with van der Waals surface area (Å²) in [5, 5.41) is 14.0. The number of nitrogens with two attached hydrogens (primary N) is 1. The molecule has 2 aromatic carbocycles. The van der Waals surface area contributed by atoms with E-state index in [9.17, 15) is 19.5 Å². The number of carbonyl (C=O) groups excluding carboxylic acids is 3. The summed E-state index contributed by atoms with van der Waals surface area (Å²) < 4.78 is 0. The zero-order chi connectivity index (χ0) is 31.1. The van der Waals surface area contributed by atoms with Crippen molar-refractivity contribution in [3.05, 3.63) is 88.6 Å². The summed E-state index contributed by atoms with van der Waals surface area (Å²) in [7, 11) is 0. The van der Waals surface area contributed by atoms with Crippen molar-refractivity contribution in [1.29, 1.82) is 0 Å². The summed E-state index contributed by atoms with van der Waals surface area (Å²) in [5.74, 6) is 0.198. The molecular formula is C35H40N6O4. The molecule has 0 aliphatic carbocycles. The fraction of sp³-hybridized carbons (Fsp3) is 0.429. The van der Waals surface area contributed by atoms with Gasteiger partial charge in [0.15, 0.2) is 0 Å². The quantitative estimate of drug-likeness (QED) is 0.364. The number of fused-ring (bicyclic) bond motifs is 1. The van der Waals surface area contributed by atoms with E-state index in [1.54, 1.807) is 11.0 Å². The molecule has 1 unspecified atom stereocenters. The lowest BCUT2D eigenvalue weighted by atomic mass is 9.83. The minimum atomic E-state index is -0.981. The Bertz CT molecular complexity index is 1590. The Hall–Kier alpha value is -4.28. The van der Waals surface area contributed by atoms with E-state index >= 15 is 0 Å². The van der Waals surface area contributed by atoms with Crippen LogP contribution in [0.4, 0.5) is 11.5 Å². The highest BCUT2D eigenvalue weighted by molar-refractivity contribution is 6.05. The van der Waals surface area contributed by atoms with E-state index in [0.29, 0.717) is 43.1 Å². The molecule has 10 heteroatoms. The van der Waals surface area contributed by atoms with Gasteiger partial charge in [0.1, 0.15) is 11.9 Å². The largest absolute Gasteiger partial charge is 0.385 e. The van der Waals surface area contributed by atoms with Gasteiger partial charge in [-0.25, -0.2) is 4.98 Å². The minimum absolute atomic E-state index is 0.198. The number of pyridine rings is 1. The van der Waals surface area contributed by atoms with Crippen LogP contribution in [0.1, 0.15) is 77.1 Å². The summed E-state index contributed by atoms with van der Waals surface area (Å²) in [4.78, 5) is 47.7. The summed E-state index contributed by atoms with van der Waals surface area (Å²) in [5.41, 5.74) is 10.7. The van der Waals surface area contributed by atoms with Crippen molar-refractivity contribution in [1.82, 2.24) is 20.1 Å². The Morgan fingerprint density at radius 2 is 1.69 bits per heavy atom. The van der Waals surface area contributed by atoms with Crippen LogP contribution < -0.4 is 16.0 Å². The van der Waals surface area contributed by atoms with E-state index in [-0.39, 0.29) is 18.2 Å². The van der Waals surface area contributed by atoms with Gasteiger partial charge in [0.05, 0.1) is 5.60 Å². The van der Waals surface area contributed by atoms with Crippen molar-refractivity contribution in [2.45, 2.75) is 69.2 Å². The number of rotatable bonds is 6. The van der Waals surface area contributed by atoms with Crippen LogP contribution in [0.3, 0.4) is 0 Å². The minimum Gasteiger partial charge on any atom is -0.385 e. The Morgan fingerprint density at radius 3 is 2.38 bits per heavy atom. The molecule has 3 amide bonds. The SMILES string of the molecule is Nc1ccc(C2CCN(Cc3ccc(N4CCC(O)(c5ccc6c(c5)CN(C5CCC(=O)NC5=O)C6=O)CC4)cc3)CC2)cn1. The van der Waals surface area contributed by atoms with Gasteiger partial charge in [-0.1, -0.05) is 30.3 Å². The Labute approximate surface area is 263 Å². The Kier molecular flexibility index (Phi) is 7.79. The Balaban J connectivity index is 0.927. The first-order valence-corrected chi connectivity index (χ1v) is 16.0. The maximum atomic E-state index is 13.1. The number of amides is 3. The topological polar surface area (TPSA) is 132 Å². The lowest BCUT2D eigenvalue weighted by Crippen LogP contribution is -2.52. The Morgan fingerprint density at radius 1 is 0.933 bits per heavy atom. The molecule has 5 heterocycles. The number of nitrogens with one attached hydrogen (secondary N) is 1. The zero-order valence-electron chi connectivity index (χ0n) is 25.5. The van der Waals surface area contributed by atoms with Crippen LogP contribution in [0.15, 0.2) is 60.8 Å². The van der Waals surface area contributed by atoms with Crippen molar-refractivity contribution in [3.63, 3.8) is 0 Å². The third-order valence-corrected chi connectivity index (χ3v) is 10.2. The first kappa shape index (κ1) is 29.4. The number of aromatic nitrogens is 1. The smallest absolute Gasteiger partial charge is 0.255 e. The van der Waals surface area contributed by atoms with Crippen LogP contribution in [-0.4, -0.2) is 69.8 Å². The molecule has 3 saturated heterocycles. The van der Waals surface area contributed by atoms with Gasteiger partial charge in [0.25, 0.3) is 5.91 Å². The molecule has 4 aliphatic heterocycles. The molecule has 1 aromatic heterocycles. The highest BCUT2D eigenvalue weighted by Crippen LogP contribution is 2.38. The molecule has 7 rings (SSSR count). The molecule has 3 fully saturated rings. The van der Waals surface area contributed by atoms with E-state index in [0.717, 1.165) is 62.4 Å². The van der Waals surface area contributed by atoms with Gasteiger partial charge in [-0.2, -0.15) is 0 Å². The molecule has 4 aliphatic rings. The molecule has 0 bridgehead atoms. The number of piperidine rings is 3. The standard InChI is InChI=1S/C35H40N6O4/c36-31-9-3-25(20-37-31)24-11-15-39(16-12-24)21-23-1-5-28(6-2-23)40-17-13-35(45,14-18-40)27-4-7-29-26(19-27)22-41(34(29)44)30-8-10-32(42)38-33(30)43/h1-7,9,19-20,24,30,45H,8,10-18,21-22H2,(H2,36,37)(H,38,42,43). The van der Waals surface area contributed by atoms with Crippen molar-refractivity contribution in [2.75, 3.05) is 36.8 Å². The fourth-order valence-electron chi connectivity index (χ4n) is 7.44. The average Bonchev–Trinajstić information content (AvgIpc) is 3.38. The summed E-state index contributed by atoms with van der Waals surface area (Å²) in [6, 6.07) is 17.7. The molecule has 3 aromatic rings. The predicted molar refractivity (Wildman–Crippen MR) is 170 cm³/mol. The van der Waals surface area contributed by atoms with E-state index in [1.807, 2.05) is 24.4 Å². The number of benzene rings is 2. The highest BCUT2D eigenvalue weighted by Gasteiger charge is 2.41. The number of nitrogens with zero attached hydrogens (tertiary/aromatic N) is 4. The van der Waals surface area contributed by atoms with Crippen LogP contribution in [0.25, 0.3) is 0 Å². The van der Waals surface area contributed by atoms with Gasteiger partial charge >= 0.3 is 0 Å². The van der Waals surface area contributed by atoms with Crippen molar-refractivity contribution < 1.29 is 19.5 Å². The molecular weight excluding hydrogens is 568 g/mol. The summed E-state index contributed by atoms with van der Waals surface area (Å²) in [6.07, 6.45) is 5.89. The second-order valence-corrected chi connectivity index (χ2v) is 13.0. The molecule has 45 heavy (non-hydrogen) atoms. The highest BCUT2D eigenvalue weighted by atomic mass is 16.3. The lowest BCUT2D eigenvalue weighted by Gasteiger charge is -2.40. The number of carbonyl (C=O) groups is 3. The van der Waals surface area contributed by atoms with E-state index in [2.05, 4.69) is 50.4 Å². The number of nitrogen functional groups attached to an aromatic ring is 1. The number of aliphatic hydroxyl groups is 1. The molecule has 0 radical (unpaired) electrons. The van der Waals surface area contributed by atoms with E-state index in [4.69, 9.17) is 5.73 Å². The van der Waals surface area contributed by atoms with Crippen molar-refractivity contribution in [2.24, 2.45) is 0 Å². The third kappa shape index (κ3) is 5.92. The second kappa shape index (κ2) is 11.9. The van der Waals surface area contributed by atoms with Crippen LogP contribution >= 0.6 is 0 Å². The maximum Gasteiger partial charge on any atom is 0.255 e. The van der Waals surface area contributed by atoms with Crippen LogP contribution in [-0.2, 0) is 28.3 Å². The number of hydrogen-bond acceptors (Lipinski definition) is 8. The van der Waals surface area contributed by atoms with Crippen LogP contribution in [0, 0.1) is 0 Å². The van der Waals surface area contributed by atoms with Crippen molar-refractivity contribution in [3.8, 4) is 0 Å². The van der Waals surface area contributed by atoms with Gasteiger partial charge in [-0.3, -0.25) is 24.6 Å². The van der Waals surface area contributed by atoms with Crippen LogP contribution in [0.5, 0.6) is 0 Å². The first-order valence-electron chi connectivity index (χ1n) is 16.0. The molecule has 10 nitrogen and oxygen atoms in total. The molecule has 0 saturated carbocycles. The fourth-order valence-corrected chi connectivity index (χ4v) is 7.44. The summed E-state index contributed by atoms with van der Waals surface area (Å²) in [6.45, 7) is 4.82. The monoisotopic (exact) mass is 608 g/mol. The number of imide groups is 1. The lowest BCUT2D eigenvalue weighted by molar-refractivity contribution is -0.136. The average molecular weight is 609 g/mol. The van der Waals surface area contributed by atoms with Gasteiger partial charge in [-0.05, 0) is 97.6 Å². The number of hydrogen-bond donors (Lipinski definition) is 3. The third-order valence-electron chi connectivity index (χ3n) is 10.2. The summed E-state index contributed by atoms with van der Waals surface area (Å²) >= 11 is 0. The predicted octanol–water partition coefficient (Wildman–Crippen LogP) is 3.29. The molecule has 4 N–H and O–H groups in total. The van der Waals surface area contributed by atoms with Crippen LogP contribution in [0.2, 0.25) is 0 Å². The number of anilines is 2.